The van der Waals surface area contributed by atoms with Crippen LogP contribution in [0.15, 0.2) is 72.8 Å². The molecule has 2 N–H and O–H groups in total. The number of hydrazine groups is 1. The van der Waals surface area contributed by atoms with Crippen LogP contribution in [0.25, 0.3) is 0 Å². The first-order valence-corrected chi connectivity index (χ1v) is 11.1. The van der Waals surface area contributed by atoms with Crippen LogP contribution in [0, 0.1) is 11.7 Å². The monoisotopic (exact) mass is 463 g/mol. The van der Waals surface area contributed by atoms with Gasteiger partial charge in [-0.3, -0.25) is 20.4 Å². The van der Waals surface area contributed by atoms with E-state index in [0.717, 1.165) is 11.3 Å². The van der Waals surface area contributed by atoms with Crippen LogP contribution in [0.4, 0.5) is 15.8 Å². The van der Waals surface area contributed by atoms with Gasteiger partial charge in [-0.2, -0.15) is 0 Å². The molecular formula is C26H26FN3O4. The number of ether oxygens (including phenoxy) is 2. The molecule has 3 aromatic rings. The Morgan fingerprint density at radius 3 is 2.53 bits per heavy atom. The summed E-state index contributed by atoms with van der Waals surface area (Å²) in [7, 11) is 0. The van der Waals surface area contributed by atoms with Gasteiger partial charge >= 0.3 is 0 Å². The molecule has 0 bridgehead atoms. The van der Waals surface area contributed by atoms with Gasteiger partial charge in [-0.25, -0.2) is 4.39 Å². The Morgan fingerprint density at radius 1 is 1.03 bits per heavy atom. The maximum absolute atomic E-state index is 13.1. The number of anilines is 2. The second-order valence-corrected chi connectivity index (χ2v) is 7.86. The van der Waals surface area contributed by atoms with Crippen molar-refractivity contribution in [2.24, 2.45) is 5.92 Å². The third-order valence-electron chi connectivity index (χ3n) is 5.44. The lowest BCUT2D eigenvalue weighted by molar-refractivity contribution is -0.125. The van der Waals surface area contributed by atoms with E-state index in [1.54, 1.807) is 35.2 Å². The number of nitrogens with one attached hydrogen (secondary N) is 2. The van der Waals surface area contributed by atoms with E-state index in [2.05, 4.69) is 10.9 Å². The van der Waals surface area contributed by atoms with E-state index in [-0.39, 0.29) is 30.7 Å². The fraction of sp³-hybridized carbons (Fsp3) is 0.231. The van der Waals surface area contributed by atoms with Gasteiger partial charge in [0.1, 0.15) is 12.4 Å². The van der Waals surface area contributed by atoms with Gasteiger partial charge in [-0.05, 0) is 48.9 Å². The van der Waals surface area contributed by atoms with E-state index >= 15 is 0 Å². The summed E-state index contributed by atoms with van der Waals surface area (Å²) in [5.41, 5.74) is 7.80. The first-order chi connectivity index (χ1) is 16.5. The van der Waals surface area contributed by atoms with Gasteiger partial charge in [0.15, 0.2) is 11.5 Å². The van der Waals surface area contributed by atoms with Crippen LogP contribution in [0.2, 0.25) is 0 Å². The predicted molar refractivity (Wildman–Crippen MR) is 127 cm³/mol. The number of amides is 2. The molecule has 1 saturated heterocycles. The van der Waals surface area contributed by atoms with Crippen LogP contribution < -0.4 is 25.2 Å². The molecule has 2 amide bonds. The van der Waals surface area contributed by atoms with Crippen LogP contribution >= 0.6 is 0 Å². The molecule has 1 atom stereocenters. The Bertz CT molecular complexity index is 1140. The van der Waals surface area contributed by atoms with Crippen molar-refractivity contribution in [2.75, 3.05) is 23.5 Å². The fourth-order valence-corrected chi connectivity index (χ4v) is 3.69. The largest absolute Gasteiger partial charge is 0.490 e. The summed E-state index contributed by atoms with van der Waals surface area (Å²) >= 11 is 0. The van der Waals surface area contributed by atoms with Crippen LogP contribution in [0.5, 0.6) is 11.5 Å². The van der Waals surface area contributed by atoms with Gasteiger partial charge in [0.25, 0.3) is 0 Å². The summed E-state index contributed by atoms with van der Waals surface area (Å²) in [6.07, 6.45) is 0.156. The smallest absolute Gasteiger partial charge is 0.243 e. The summed E-state index contributed by atoms with van der Waals surface area (Å²) in [5.74, 6) is -0.0528. The number of benzene rings is 3. The average Bonchev–Trinajstić information content (AvgIpc) is 3.25. The lowest BCUT2D eigenvalue weighted by atomic mass is 10.1. The van der Waals surface area contributed by atoms with Gasteiger partial charge in [0.2, 0.25) is 11.8 Å². The first kappa shape index (κ1) is 23.1. The Morgan fingerprint density at radius 2 is 1.79 bits per heavy atom. The van der Waals surface area contributed by atoms with E-state index in [0.29, 0.717) is 30.3 Å². The van der Waals surface area contributed by atoms with Crippen molar-refractivity contribution in [1.82, 2.24) is 5.43 Å². The normalized spacial score (nSPS) is 15.2. The molecular weight excluding hydrogens is 437 g/mol. The molecule has 34 heavy (non-hydrogen) atoms. The van der Waals surface area contributed by atoms with Gasteiger partial charge in [0, 0.05) is 24.7 Å². The van der Waals surface area contributed by atoms with E-state index in [1.165, 1.54) is 12.1 Å². The van der Waals surface area contributed by atoms with Crippen LogP contribution in [-0.4, -0.2) is 25.0 Å². The maximum Gasteiger partial charge on any atom is 0.243 e. The Labute approximate surface area is 197 Å². The number of carbonyl (C=O) groups excluding carboxylic acids is 2. The van der Waals surface area contributed by atoms with Gasteiger partial charge in [-0.1, -0.05) is 30.3 Å². The molecule has 0 radical (unpaired) electrons. The molecule has 1 heterocycles. The molecule has 1 aliphatic rings. The molecule has 8 heteroatoms. The zero-order valence-electron chi connectivity index (χ0n) is 18.8. The Hall–Kier alpha value is -4.07. The number of hydrogen-bond acceptors (Lipinski definition) is 5. The molecule has 4 rings (SSSR count). The van der Waals surface area contributed by atoms with Crippen molar-refractivity contribution < 1.29 is 23.5 Å². The highest BCUT2D eigenvalue weighted by atomic mass is 19.1. The third-order valence-corrected chi connectivity index (χ3v) is 5.44. The minimum absolute atomic E-state index is 0.0763. The van der Waals surface area contributed by atoms with E-state index in [4.69, 9.17) is 9.47 Å². The van der Waals surface area contributed by atoms with Gasteiger partial charge < -0.3 is 14.4 Å². The Balaban J connectivity index is 1.35. The highest BCUT2D eigenvalue weighted by Gasteiger charge is 2.35. The van der Waals surface area contributed by atoms with Crippen molar-refractivity contribution in [1.29, 1.82) is 0 Å². The summed E-state index contributed by atoms with van der Waals surface area (Å²) in [5, 5.41) is 0. The minimum Gasteiger partial charge on any atom is -0.490 e. The van der Waals surface area contributed by atoms with Crippen LogP contribution in [0.1, 0.15) is 18.9 Å². The lowest BCUT2D eigenvalue weighted by Crippen LogP contribution is -2.36. The summed E-state index contributed by atoms with van der Waals surface area (Å²) in [6.45, 7) is 2.89. The molecule has 7 nitrogen and oxygen atoms in total. The zero-order valence-corrected chi connectivity index (χ0v) is 18.8. The number of rotatable bonds is 9. The molecule has 0 saturated carbocycles. The first-order valence-electron chi connectivity index (χ1n) is 11.1. The van der Waals surface area contributed by atoms with E-state index < -0.39 is 5.92 Å². The minimum atomic E-state index is -0.454. The topological polar surface area (TPSA) is 79.9 Å². The van der Waals surface area contributed by atoms with Crippen molar-refractivity contribution in [3.8, 4) is 11.5 Å². The Kier molecular flexibility index (Phi) is 7.27. The molecule has 0 aliphatic carbocycles. The maximum atomic E-state index is 13.1. The zero-order chi connectivity index (χ0) is 23.9. The SMILES string of the molecule is CCOc1cc(NNC(=O)[C@H]2CC(=O)N(c3ccccc3)C2)ccc1OCc1ccc(F)cc1. The molecule has 3 aromatic carbocycles. The molecule has 1 fully saturated rings. The van der Waals surface area contributed by atoms with Gasteiger partial charge in [-0.15, -0.1) is 0 Å². The molecule has 0 spiro atoms. The summed E-state index contributed by atoms with van der Waals surface area (Å²) < 4.78 is 24.6. The highest BCUT2D eigenvalue weighted by molar-refractivity contribution is 6.00. The number of halogens is 1. The van der Waals surface area contributed by atoms with Crippen molar-refractivity contribution in [2.45, 2.75) is 20.0 Å². The van der Waals surface area contributed by atoms with Crippen LogP contribution in [0.3, 0.4) is 0 Å². The standard InChI is InChI=1S/C26H26FN3O4/c1-2-33-24-15-21(12-13-23(24)34-17-18-8-10-20(27)11-9-18)28-29-26(32)19-14-25(31)30(16-19)22-6-4-3-5-7-22/h3-13,15,19,28H,2,14,16-17H2,1H3,(H,29,32)/t19-/m0/s1. The number of para-hydroxylation sites is 1. The second-order valence-electron chi connectivity index (χ2n) is 7.86. The number of hydrogen-bond donors (Lipinski definition) is 2. The summed E-state index contributed by atoms with van der Waals surface area (Å²) in [4.78, 5) is 26.7. The molecule has 0 unspecified atom stereocenters. The number of carbonyl (C=O) groups is 2. The van der Waals surface area contributed by atoms with Crippen LogP contribution in [-0.2, 0) is 16.2 Å². The van der Waals surface area contributed by atoms with Crippen molar-refractivity contribution in [3.05, 3.63) is 84.2 Å². The van der Waals surface area contributed by atoms with Crippen molar-refractivity contribution in [3.63, 3.8) is 0 Å². The van der Waals surface area contributed by atoms with E-state index in [1.807, 2.05) is 37.3 Å². The van der Waals surface area contributed by atoms with Crippen molar-refractivity contribution >= 4 is 23.2 Å². The fourth-order valence-electron chi connectivity index (χ4n) is 3.69. The van der Waals surface area contributed by atoms with Gasteiger partial charge in [0.05, 0.1) is 18.2 Å². The molecule has 0 aromatic heterocycles. The molecule has 176 valence electrons. The van der Waals surface area contributed by atoms with E-state index in [9.17, 15) is 14.0 Å². The predicted octanol–water partition coefficient (Wildman–Crippen LogP) is 4.30. The number of nitrogens with zero attached hydrogens (tertiary/aromatic N) is 1. The summed E-state index contributed by atoms with van der Waals surface area (Å²) in [6, 6.07) is 20.6. The average molecular weight is 464 g/mol. The second kappa shape index (κ2) is 10.7. The molecule has 1 aliphatic heterocycles. The lowest BCUT2D eigenvalue weighted by Gasteiger charge is -2.17. The quantitative estimate of drug-likeness (QED) is 0.463. The third kappa shape index (κ3) is 5.64. The highest BCUT2D eigenvalue weighted by Crippen LogP contribution is 2.31.